The summed E-state index contributed by atoms with van der Waals surface area (Å²) in [5, 5.41) is 8.27. The van der Waals surface area contributed by atoms with E-state index in [0.717, 1.165) is 15.4 Å². The van der Waals surface area contributed by atoms with Crippen molar-refractivity contribution in [3.63, 3.8) is 0 Å². The predicted octanol–water partition coefficient (Wildman–Crippen LogP) is 4.39. The highest BCUT2D eigenvalue weighted by molar-refractivity contribution is 7.99. The van der Waals surface area contributed by atoms with Crippen molar-refractivity contribution >= 4 is 29.2 Å². The van der Waals surface area contributed by atoms with E-state index in [2.05, 4.69) is 32.0 Å². The van der Waals surface area contributed by atoms with E-state index in [1.807, 2.05) is 6.07 Å². The van der Waals surface area contributed by atoms with E-state index >= 15 is 0 Å². The molecule has 0 aliphatic rings. The summed E-state index contributed by atoms with van der Waals surface area (Å²) in [4.78, 5) is 2.06. The molecule has 2 aromatic rings. The zero-order valence-corrected chi connectivity index (χ0v) is 12.4. The molecule has 0 amide bonds. The van der Waals surface area contributed by atoms with Crippen LogP contribution in [0.5, 0.6) is 0 Å². The number of amidine groups is 1. The number of hydrogen-bond donors (Lipinski definition) is 2. The lowest BCUT2D eigenvalue weighted by Crippen LogP contribution is -2.12. The third-order valence-electron chi connectivity index (χ3n) is 2.78. The Morgan fingerprint density at radius 1 is 1.11 bits per heavy atom. The molecular weight excluding hydrogens is 276 g/mol. The number of nitrogens with one attached hydrogen (secondary N) is 1. The molecule has 98 valence electrons. The van der Waals surface area contributed by atoms with Gasteiger partial charge in [0, 0.05) is 20.4 Å². The van der Waals surface area contributed by atoms with Crippen molar-refractivity contribution in [3.8, 4) is 0 Å². The minimum atomic E-state index is 0.0592. The maximum absolute atomic E-state index is 7.62. The van der Waals surface area contributed by atoms with Crippen molar-refractivity contribution in [3.05, 3.63) is 58.1 Å². The van der Waals surface area contributed by atoms with Crippen LogP contribution in [0.3, 0.4) is 0 Å². The Morgan fingerprint density at radius 3 is 2.47 bits per heavy atom. The zero-order valence-electron chi connectivity index (χ0n) is 10.8. The lowest BCUT2D eigenvalue weighted by atomic mass is 10.2. The maximum Gasteiger partial charge on any atom is 0.123 e. The summed E-state index contributed by atoms with van der Waals surface area (Å²) in [5.41, 5.74) is 8.77. The van der Waals surface area contributed by atoms with Crippen LogP contribution in [0.25, 0.3) is 0 Å². The van der Waals surface area contributed by atoms with Gasteiger partial charge in [0.2, 0.25) is 0 Å². The first kappa shape index (κ1) is 14.0. The largest absolute Gasteiger partial charge is 0.384 e. The lowest BCUT2D eigenvalue weighted by molar-refractivity contribution is 1.25. The summed E-state index contributed by atoms with van der Waals surface area (Å²) in [5.74, 6) is 0.0592. The third kappa shape index (κ3) is 3.31. The number of aryl methyl sites for hydroxylation is 2. The van der Waals surface area contributed by atoms with E-state index in [-0.39, 0.29) is 5.84 Å². The van der Waals surface area contributed by atoms with Gasteiger partial charge in [0.15, 0.2) is 0 Å². The number of nitrogens with two attached hydrogens (primary N) is 1. The summed E-state index contributed by atoms with van der Waals surface area (Å²) < 4.78 is 0. The summed E-state index contributed by atoms with van der Waals surface area (Å²) in [6, 6.07) is 11.7. The zero-order chi connectivity index (χ0) is 14.0. The van der Waals surface area contributed by atoms with Gasteiger partial charge < -0.3 is 5.73 Å². The van der Waals surface area contributed by atoms with Gasteiger partial charge in [0.1, 0.15) is 5.84 Å². The molecule has 2 aromatic carbocycles. The van der Waals surface area contributed by atoms with Gasteiger partial charge in [-0.15, -0.1) is 0 Å². The van der Waals surface area contributed by atoms with Crippen LogP contribution >= 0.6 is 23.4 Å². The molecule has 4 heteroatoms. The van der Waals surface area contributed by atoms with Gasteiger partial charge >= 0.3 is 0 Å². The van der Waals surface area contributed by atoms with Crippen molar-refractivity contribution in [2.45, 2.75) is 23.6 Å². The molecule has 0 aliphatic carbocycles. The van der Waals surface area contributed by atoms with Crippen molar-refractivity contribution in [1.29, 1.82) is 5.41 Å². The van der Waals surface area contributed by atoms with E-state index in [9.17, 15) is 0 Å². The lowest BCUT2D eigenvalue weighted by Gasteiger charge is -2.11. The van der Waals surface area contributed by atoms with Crippen LogP contribution in [0.15, 0.2) is 46.2 Å². The Labute approximate surface area is 122 Å². The first-order valence-corrected chi connectivity index (χ1v) is 7.06. The Balaban J connectivity index is 2.42. The van der Waals surface area contributed by atoms with E-state index in [4.69, 9.17) is 22.7 Å². The van der Waals surface area contributed by atoms with E-state index in [0.29, 0.717) is 5.02 Å². The van der Waals surface area contributed by atoms with Crippen molar-refractivity contribution in [2.24, 2.45) is 5.73 Å². The fourth-order valence-electron chi connectivity index (χ4n) is 1.84. The smallest absolute Gasteiger partial charge is 0.123 e. The van der Waals surface area contributed by atoms with E-state index in [1.165, 1.54) is 11.1 Å². The molecule has 0 spiro atoms. The second-order valence-electron chi connectivity index (χ2n) is 4.43. The van der Waals surface area contributed by atoms with Crippen LogP contribution in [-0.2, 0) is 0 Å². The second-order valence-corrected chi connectivity index (χ2v) is 5.95. The van der Waals surface area contributed by atoms with Gasteiger partial charge in [-0.05, 0) is 43.7 Å². The molecule has 19 heavy (non-hydrogen) atoms. The number of halogens is 1. The van der Waals surface area contributed by atoms with Crippen LogP contribution < -0.4 is 5.73 Å². The highest BCUT2D eigenvalue weighted by Gasteiger charge is 2.09. The summed E-state index contributed by atoms with van der Waals surface area (Å²) in [6.45, 7) is 4.15. The molecule has 0 saturated heterocycles. The average Bonchev–Trinajstić information content (AvgIpc) is 2.32. The monoisotopic (exact) mass is 290 g/mol. The van der Waals surface area contributed by atoms with Crippen molar-refractivity contribution in [2.75, 3.05) is 0 Å². The first-order chi connectivity index (χ1) is 8.97. The highest BCUT2D eigenvalue weighted by Crippen LogP contribution is 2.34. The standard InChI is InChI=1S/C15H15ClN2S/c1-9-3-6-13(10(2)7-9)19-14-8-11(16)4-5-12(14)15(17)18/h3-8H,1-2H3,(H3,17,18). The minimum Gasteiger partial charge on any atom is -0.384 e. The Morgan fingerprint density at radius 2 is 1.84 bits per heavy atom. The molecule has 0 heterocycles. The van der Waals surface area contributed by atoms with E-state index in [1.54, 1.807) is 23.9 Å². The molecule has 0 radical (unpaired) electrons. The highest BCUT2D eigenvalue weighted by atomic mass is 35.5. The molecule has 0 fully saturated rings. The van der Waals surface area contributed by atoms with Crippen molar-refractivity contribution in [1.82, 2.24) is 0 Å². The average molecular weight is 291 g/mol. The van der Waals surface area contributed by atoms with Crippen LogP contribution in [-0.4, -0.2) is 5.84 Å². The topological polar surface area (TPSA) is 49.9 Å². The molecule has 0 atom stereocenters. The van der Waals surface area contributed by atoms with E-state index < -0.39 is 0 Å². The normalized spacial score (nSPS) is 10.5. The van der Waals surface area contributed by atoms with Gasteiger partial charge in [-0.3, -0.25) is 5.41 Å². The number of hydrogen-bond acceptors (Lipinski definition) is 2. The minimum absolute atomic E-state index is 0.0592. The quantitative estimate of drug-likeness (QED) is 0.650. The molecule has 0 aromatic heterocycles. The number of benzene rings is 2. The van der Waals surface area contributed by atoms with Gasteiger partial charge in [-0.1, -0.05) is 41.1 Å². The van der Waals surface area contributed by atoms with Crippen LogP contribution in [0.4, 0.5) is 0 Å². The second kappa shape index (κ2) is 5.68. The predicted molar refractivity (Wildman–Crippen MR) is 82.5 cm³/mol. The fourth-order valence-corrected chi connectivity index (χ4v) is 3.14. The summed E-state index contributed by atoms with van der Waals surface area (Å²) in [6.07, 6.45) is 0. The van der Waals surface area contributed by atoms with Gasteiger partial charge in [0.05, 0.1) is 0 Å². The molecule has 0 saturated carbocycles. The van der Waals surface area contributed by atoms with Crippen LogP contribution in [0.1, 0.15) is 16.7 Å². The fraction of sp³-hybridized carbons (Fsp3) is 0.133. The van der Waals surface area contributed by atoms with Crippen molar-refractivity contribution < 1.29 is 0 Å². The SMILES string of the molecule is Cc1ccc(Sc2cc(Cl)ccc2C(=N)N)c(C)c1. The van der Waals surface area contributed by atoms with Gasteiger partial charge in [-0.25, -0.2) is 0 Å². The molecule has 2 rings (SSSR count). The summed E-state index contributed by atoms with van der Waals surface area (Å²) >= 11 is 7.61. The number of nitrogen functional groups attached to an aromatic ring is 1. The van der Waals surface area contributed by atoms with Crippen LogP contribution in [0, 0.1) is 19.3 Å². The molecule has 3 N–H and O–H groups in total. The third-order valence-corrected chi connectivity index (χ3v) is 4.25. The van der Waals surface area contributed by atoms with Gasteiger partial charge in [-0.2, -0.15) is 0 Å². The Bertz CT molecular complexity index is 638. The molecule has 0 aliphatic heterocycles. The molecule has 2 nitrogen and oxygen atoms in total. The Kier molecular flexibility index (Phi) is 4.17. The number of rotatable bonds is 3. The molecule has 0 bridgehead atoms. The Hall–Kier alpha value is -1.45. The molecular formula is C15H15ClN2S. The van der Waals surface area contributed by atoms with Gasteiger partial charge in [0.25, 0.3) is 0 Å². The first-order valence-electron chi connectivity index (χ1n) is 5.86. The summed E-state index contributed by atoms with van der Waals surface area (Å²) in [7, 11) is 0. The van der Waals surface area contributed by atoms with Crippen LogP contribution in [0.2, 0.25) is 5.02 Å². The maximum atomic E-state index is 7.62. The molecule has 0 unspecified atom stereocenters.